The second kappa shape index (κ2) is 9.20. The van der Waals surface area contributed by atoms with Crippen LogP contribution in [0.4, 0.5) is 5.69 Å². The quantitative estimate of drug-likeness (QED) is 0.551. The highest BCUT2D eigenvalue weighted by molar-refractivity contribution is 5.43. The zero-order chi connectivity index (χ0) is 15.6. The first kappa shape index (κ1) is 16.5. The number of rotatable bonds is 9. The number of aliphatic hydroxyl groups is 1. The van der Waals surface area contributed by atoms with E-state index in [0.717, 1.165) is 17.0 Å². The Morgan fingerprint density at radius 3 is 2.23 bits per heavy atom. The van der Waals surface area contributed by atoms with Gasteiger partial charge in [0.1, 0.15) is 0 Å². The molecule has 0 saturated carbocycles. The molecule has 0 aliphatic rings. The van der Waals surface area contributed by atoms with Crippen molar-refractivity contribution in [2.45, 2.75) is 25.5 Å². The van der Waals surface area contributed by atoms with Crippen molar-refractivity contribution in [3.8, 4) is 0 Å². The summed E-state index contributed by atoms with van der Waals surface area (Å²) in [5.41, 5.74) is 1.83. The van der Waals surface area contributed by atoms with Crippen LogP contribution in [-0.4, -0.2) is 29.6 Å². The number of nitrogens with zero attached hydrogens (tertiary/aromatic N) is 1. The predicted octanol–water partition coefficient (Wildman–Crippen LogP) is 3.24. The molecule has 0 fully saturated rings. The van der Waals surface area contributed by atoms with E-state index in [0.29, 0.717) is 25.3 Å². The maximum atomic E-state index is 10.1. The number of hydrogen-bond donors (Lipinski definition) is 2. The highest BCUT2D eigenvalue weighted by Gasteiger charge is 2.15. The summed E-state index contributed by atoms with van der Waals surface area (Å²) in [5, 5.41) is 20.7. The zero-order valence-electron chi connectivity index (χ0n) is 12.6. The van der Waals surface area contributed by atoms with Gasteiger partial charge in [-0.25, -0.2) is 0 Å². The molecule has 2 aromatic rings. The highest BCUT2D eigenvalue weighted by atomic mass is 16.5. The van der Waals surface area contributed by atoms with Crippen molar-refractivity contribution in [1.29, 1.82) is 0 Å². The molecule has 2 aromatic carbocycles. The lowest BCUT2D eigenvalue weighted by Crippen LogP contribution is -2.35. The summed E-state index contributed by atoms with van der Waals surface area (Å²) >= 11 is 0. The highest BCUT2D eigenvalue weighted by Crippen LogP contribution is 2.16. The summed E-state index contributed by atoms with van der Waals surface area (Å²) in [4.78, 5) is 0. The smallest absolute Gasteiger partial charge is 0.0794 e. The molecule has 0 heterocycles. The molecule has 0 spiro atoms. The van der Waals surface area contributed by atoms with Gasteiger partial charge in [-0.2, -0.15) is 0 Å². The van der Waals surface area contributed by atoms with Crippen LogP contribution in [-0.2, 0) is 11.3 Å². The predicted molar refractivity (Wildman–Crippen MR) is 86.9 cm³/mol. The molecule has 1 atom stereocenters. The summed E-state index contributed by atoms with van der Waals surface area (Å²) in [6.07, 6.45) is 1.44. The SMILES string of the molecule is OCC(CCCOCc1ccccc1)N(O)c1ccccc1. The molecule has 118 valence electrons. The van der Waals surface area contributed by atoms with Gasteiger partial charge in [0.25, 0.3) is 0 Å². The lowest BCUT2D eigenvalue weighted by Gasteiger charge is -2.26. The fourth-order valence-corrected chi connectivity index (χ4v) is 2.27. The largest absolute Gasteiger partial charge is 0.394 e. The lowest BCUT2D eigenvalue weighted by atomic mass is 10.1. The van der Waals surface area contributed by atoms with Crippen LogP contribution in [0, 0.1) is 0 Å². The Labute approximate surface area is 131 Å². The minimum absolute atomic E-state index is 0.0932. The molecule has 0 aromatic heterocycles. The molecule has 0 aliphatic heterocycles. The van der Waals surface area contributed by atoms with E-state index in [1.165, 1.54) is 0 Å². The van der Waals surface area contributed by atoms with Crippen molar-refractivity contribution in [2.24, 2.45) is 0 Å². The van der Waals surface area contributed by atoms with Crippen LogP contribution < -0.4 is 5.06 Å². The van der Waals surface area contributed by atoms with Gasteiger partial charge < -0.3 is 9.84 Å². The summed E-state index contributed by atoms with van der Waals surface area (Å²) < 4.78 is 5.62. The standard InChI is InChI=1S/C18H23NO3/c20-14-18(19(21)17-10-5-2-6-11-17)12-7-13-22-15-16-8-3-1-4-9-16/h1-6,8-11,18,20-21H,7,12-15H2. The molecular formula is C18H23NO3. The topological polar surface area (TPSA) is 52.9 Å². The van der Waals surface area contributed by atoms with Crippen molar-refractivity contribution in [1.82, 2.24) is 0 Å². The van der Waals surface area contributed by atoms with Crippen LogP contribution in [0.25, 0.3) is 0 Å². The van der Waals surface area contributed by atoms with Crippen molar-refractivity contribution in [2.75, 3.05) is 18.3 Å². The molecule has 0 saturated heterocycles. The van der Waals surface area contributed by atoms with Gasteiger partial charge >= 0.3 is 0 Å². The summed E-state index contributed by atoms with van der Waals surface area (Å²) in [6, 6.07) is 18.9. The lowest BCUT2D eigenvalue weighted by molar-refractivity contribution is 0.104. The Kier molecular flexibility index (Phi) is 6.90. The van der Waals surface area contributed by atoms with Gasteiger partial charge in [-0.05, 0) is 30.5 Å². The Morgan fingerprint density at radius 2 is 1.59 bits per heavy atom. The maximum Gasteiger partial charge on any atom is 0.0794 e. The Morgan fingerprint density at radius 1 is 0.955 bits per heavy atom. The molecular weight excluding hydrogens is 278 g/mol. The third-order valence-corrected chi connectivity index (χ3v) is 3.51. The average Bonchev–Trinajstić information content (AvgIpc) is 2.59. The molecule has 4 nitrogen and oxygen atoms in total. The van der Waals surface area contributed by atoms with Gasteiger partial charge in [0.2, 0.25) is 0 Å². The minimum atomic E-state index is -0.317. The molecule has 0 aliphatic carbocycles. The number of aliphatic hydroxyl groups excluding tert-OH is 1. The van der Waals surface area contributed by atoms with E-state index in [-0.39, 0.29) is 12.6 Å². The molecule has 0 bridgehead atoms. The van der Waals surface area contributed by atoms with Crippen molar-refractivity contribution in [3.05, 3.63) is 66.2 Å². The van der Waals surface area contributed by atoms with Crippen molar-refractivity contribution in [3.63, 3.8) is 0 Å². The van der Waals surface area contributed by atoms with Gasteiger partial charge in [-0.1, -0.05) is 48.5 Å². The van der Waals surface area contributed by atoms with Gasteiger partial charge in [0, 0.05) is 6.61 Å². The van der Waals surface area contributed by atoms with Gasteiger partial charge in [-0.15, -0.1) is 0 Å². The third-order valence-electron chi connectivity index (χ3n) is 3.51. The van der Waals surface area contributed by atoms with Crippen molar-refractivity contribution >= 4 is 5.69 Å². The second-order valence-corrected chi connectivity index (χ2v) is 5.20. The Balaban J connectivity index is 1.70. The van der Waals surface area contributed by atoms with Gasteiger partial charge in [-0.3, -0.25) is 10.3 Å². The van der Waals surface area contributed by atoms with E-state index in [1.807, 2.05) is 60.7 Å². The average molecular weight is 301 g/mol. The summed E-state index contributed by atoms with van der Waals surface area (Å²) in [6.45, 7) is 1.10. The normalized spacial score (nSPS) is 12.1. The first-order valence-corrected chi connectivity index (χ1v) is 7.57. The van der Waals surface area contributed by atoms with E-state index in [1.54, 1.807) is 0 Å². The molecule has 1 unspecified atom stereocenters. The molecule has 22 heavy (non-hydrogen) atoms. The Bertz CT molecular complexity index is 518. The molecule has 2 N–H and O–H groups in total. The molecule has 0 amide bonds. The molecule has 2 rings (SSSR count). The maximum absolute atomic E-state index is 10.1. The number of para-hydroxylation sites is 1. The van der Waals surface area contributed by atoms with Gasteiger partial charge in [0.15, 0.2) is 0 Å². The first-order chi connectivity index (χ1) is 10.8. The van der Waals surface area contributed by atoms with E-state index in [2.05, 4.69) is 0 Å². The number of anilines is 1. The van der Waals surface area contributed by atoms with Gasteiger partial charge in [0.05, 0.1) is 24.9 Å². The van der Waals surface area contributed by atoms with Crippen LogP contribution >= 0.6 is 0 Å². The Hall–Kier alpha value is -1.88. The number of hydrogen-bond acceptors (Lipinski definition) is 4. The van der Waals surface area contributed by atoms with E-state index in [4.69, 9.17) is 4.74 Å². The fraction of sp³-hybridized carbons (Fsp3) is 0.333. The van der Waals surface area contributed by atoms with Crippen LogP contribution in [0.1, 0.15) is 18.4 Å². The van der Waals surface area contributed by atoms with Crippen LogP contribution in [0.2, 0.25) is 0 Å². The number of hydroxylamine groups is 1. The monoisotopic (exact) mass is 301 g/mol. The van der Waals surface area contributed by atoms with E-state index >= 15 is 0 Å². The van der Waals surface area contributed by atoms with Crippen LogP contribution in [0.3, 0.4) is 0 Å². The van der Waals surface area contributed by atoms with Crippen LogP contribution in [0.5, 0.6) is 0 Å². The second-order valence-electron chi connectivity index (χ2n) is 5.20. The van der Waals surface area contributed by atoms with Crippen molar-refractivity contribution < 1.29 is 15.1 Å². The third kappa shape index (κ3) is 5.15. The minimum Gasteiger partial charge on any atom is -0.394 e. The van der Waals surface area contributed by atoms with E-state index in [9.17, 15) is 10.3 Å². The summed E-state index contributed by atoms with van der Waals surface area (Å²) in [7, 11) is 0. The molecule has 4 heteroatoms. The van der Waals surface area contributed by atoms with Crippen LogP contribution in [0.15, 0.2) is 60.7 Å². The fourth-order valence-electron chi connectivity index (χ4n) is 2.27. The number of benzene rings is 2. The zero-order valence-corrected chi connectivity index (χ0v) is 12.6. The molecule has 0 radical (unpaired) electrons. The summed E-state index contributed by atoms with van der Waals surface area (Å²) in [5.74, 6) is 0. The first-order valence-electron chi connectivity index (χ1n) is 7.57. The number of ether oxygens (including phenoxy) is 1. The van der Waals surface area contributed by atoms with E-state index < -0.39 is 0 Å².